The van der Waals surface area contributed by atoms with Crippen LogP contribution in [0.5, 0.6) is 0 Å². The minimum absolute atomic E-state index is 0.0659. The van der Waals surface area contributed by atoms with E-state index in [1.807, 2.05) is 31.2 Å². The van der Waals surface area contributed by atoms with Gasteiger partial charge in [-0.05, 0) is 62.5 Å². The van der Waals surface area contributed by atoms with Crippen molar-refractivity contribution >= 4 is 11.9 Å². The number of carbonyl (C=O) groups excluding carboxylic acids is 2. The van der Waals surface area contributed by atoms with Gasteiger partial charge in [-0.25, -0.2) is 5.48 Å². The molecule has 0 unspecified atom stereocenters. The van der Waals surface area contributed by atoms with Gasteiger partial charge in [-0.15, -0.1) is 0 Å². The average molecular weight is 391 g/mol. The van der Waals surface area contributed by atoms with Gasteiger partial charge < -0.3 is 4.74 Å². The van der Waals surface area contributed by atoms with Crippen LogP contribution in [0.1, 0.15) is 70.4 Å². The highest BCUT2D eigenvalue weighted by atomic mass is 16.5. The number of ether oxygens (including phenoxy) is 1. The van der Waals surface area contributed by atoms with E-state index in [-0.39, 0.29) is 18.5 Å². The minimum atomic E-state index is -0.714. The Hall–Kier alpha value is -1.92. The Morgan fingerprint density at radius 2 is 1.79 bits per heavy atom. The molecule has 6 nitrogen and oxygen atoms in total. The van der Waals surface area contributed by atoms with Gasteiger partial charge in [0.2, 0.25) is 5.91 Å². The molecular weight excluding hydrogens is 356 g/mol. The van der Waals surface area contributed by atoms with E-state index in [2.05, 4.69) is 19.2 Å². The molecule has 28 heavy (non-hydrogen) atoms. The summed E-state index contributed by atoms with van der Waals surface area (Å²) >= 11 is 0. The largest absolute Gasteiger partial charge is 0.461 e. The van der Waals surface area contributed by atoms with Gasteiger partial charge in [-0.2, -0.15) is 0 Å². The van der Waals surface area contributed by atoms with Crippen LogP contribution in [-0.4, -0.2) is 28.7 Å². The van der Waals surface area contributed by atoms with Crippen molar-refractivity contribution in [3.63, 3.8) is 0 Å². The van der Waals surface area contributed by atoms with E-state index in [0.29, 0.717) is 25.3 Å². The van der Waals surface area contributed by atoms with Crippen molar-refractivity contribution in [2.75, 3.05) is 0 Å². The maximum absolute atomic E-state index is 12.9. The fourth-order valence-electron chi connectivity index (χ4n) is 3.77. The summed E-state index contributed by atoms with van der Waals surface area (Å²) in [4.78, 5) is 24.0. The van der Waals surface area contributed by atoms with Crippen LogP contribution in [0, 0.1) is 5.92 Å². The number of aryl methyl sites for hydroxylation is 1. The predicted octanol–water partition coefficient (Wildman–Crippen LogP) is 3.50. The first-order chi connectivity index (χ1) is 13.3. The zero-order chi connectivity index (χ0) is 20.6. The zero-order valence-electron chi connectivity index (χ0n) is 17.3. The van der Waals surface area contributed by atoms with Gasteiger partial charge in [0.05, 0.1) is 0 Å². The normalized spacial score (nSPS) is 16.8. The number of nitrogens with one attached hydrogen (secondary N) is 2. The Kier molecular flexibility index (Phi) is 8.45. The molecule has 1 aromatic carbocycles. The van der Waals surface area contributed by atoms with Crippen molar-refractivity contribution in [3.8, 4) is 0 Å². The van der Waals surface area contributed by atoms with Gasteiger partial charge in [0.15, 0.2) is 0 Å². The SMILES string of the molecule is CC(C)C[C@@](C)(NCc1ccc(CCC(=O)NO)cc1)C(=O)OC1CCCC1. The molecule has 1 aromatic rings. The molecule has 0 radical (unpaired) electrons. The number of hydrogen-bond donors (Lipinski definition) is 3. The van der Waals surface area contributed by atoms with Crippen molar-refractivity contribution in [2.24, 2.45) is 5.92 Å². The molecule has 3 N–H and O–H groups in total. The van der Waals surface area contributed by atoms with Crippen LogP contribution in [0.4, 0.5) is 0 Å². The van der Waals surface area contributed by atoms with Crippen LogP contribution < -0.4 is 10.8 Å². The number of benzene rings is 1. The third-order valence-corrected chi connectivity index (χ3v) is 5.31. The molecule has 0 bridgehead atoms. The van der Waals surface area contributed by atoms with E-state index in [0.717, 1.165) is 36.8 Å². The Bertz CT molecular complexity index is 638. The Labute approximate surface area is 168 Å². The molecule has 1 saturated carbocycles. The van der Waals surface area contributed by atoms with E-state index >= 15 is 0 Å². The number of carbonyl (C=O) groups is 2. The highest BCUT2D eigenvalue weighted by Gasteiger charge is 2.37. The summed E-state index contributed by atoms with van der Waals surface area (Å²) in [7, 11) is 0. The molecule has 1 aliphatic rings. The van der Waals surface area contributed by atoms with Crippen LogP contribution in [0.2, 0.25) is 0 Å². The van der Waals surface area contributed by atoms with E-state index in [1.54, 1.807) is 5.48 Å². The molecule has 1 aliphatic carbocycles. The Morgan fingerprint density at radius 3 is 2.36 bits per heavy atom. The van der Waals surface area contributed by atoms with Gasteiger partial charge in [-0.1, -0.05) is 38.1 Å². The van der Waals surface area contributed by atoms with Crippen molar-refractivity contribution in [1.82, 2.24) is 10.8 Å². The van der Waals surface area contributed by atoms with Crippen molar-refractivity contribution in [1.29, 1.82) is 0 Å². The second-order valence-corrected chi connectivity index (χ2v) is 8.45. The summed E-state index contributed by atoms with van der Waals surface area (Å²) in [6.07, 6.45) is 5.81. The first-order valence-electron chi connectivity index (χ1n) is 10.3. The smallest absolute Gasteiger partial charge is 0.326 e. The highest BCUT2D eigenvalue weighted by molar-refractivity contribution is 5.80. The maximum atomic E-state index is 12.9. The van der Waals surface area contributed by atoms with E-state index < -0.39 is 11.4 Å². The minimum Gasteiger partial charge on any atom is -0.461 e. The van der Waals surface area contributed by atoms with Gasteiger partial charge in [0.1, 0.15) is 11.6 Å². The maximum Gasteiger partial charge on any atom is 0.326 e. The summed E-state index contributed by atoms with van der Waals surface area (Å²) in [5.41, 5.74) is 3.02. The van der Waals surface area contributed by atoms with Crippen LogP contribution in [0.25, 0.3) is 0 Å². The quantitative estimate of drug-likeness (QED) is 0.323. The number of hydroxylamine groups is 1. The lowest BCUT2D eigenvalue weighted by Gasteiger charge is -2.31. The summed E-state index contributed by atoms with van der Waals surface area (Å²) in [5.74, 6) is -0.176. The molecule has 156 valence electrons. The summed E-state index contributed by atoms with van der Waals surface area (Å²) in [6, 6.07) is 7.94. The second-order valence-electron chi connectivity index (χ2n) is 8.45. The number of amides is 1. The number of rotatable bonds is 10. The highest BCUT2D eigenvalue weighted by Crippen LogP contribution is 2.25. The van der Waals surface area contributed by atoms with Crippen LogP contribution >= 0.6 is 0 Å². The van der Waals surface area contributed by atoms with E-state index in [9.17, 15) is 9.59 Å². The third kappa shape index (κ3) is 6.91. The van der Waals surface area contributed by atoms with Gasteiger partial charge >= 0.3 is 5.97 Å². The second kappa shape index (κ2) is 10.6. The average Bonchev–Trinajstić information content (AvgIpc) is 3.17. The lowest BCUT2D eigenvalue weighted by Crippen LogP contribution is -2.51. The summed E-state index contributed by atoms with van der Waals surface area (Å²) < 4.78 is 5.79. The van der Waals surface area contributed by atoms with Crippen LogP contribution in [0.3, 0.4) is 0 Å². The molecule has 0 aliphatic heterocycles. The number of esters is 1. The van der Waals surface area contributed by atoms with Gasteiger partial charge in [0, 0.05) is 13.0 Å². The molecule has 1 fully saturated rings. The first-order valence-corrected chi connectivity index (χ1v) is 10.3. The van der Waals surface area contributed by atoms with Crippen molar-refractivity contribution in [3.05, 3.63) is 35.4 Å². The lowest BCUT2D eigenvalue weighted by molar-refractivity contribution is -0.157. The Morgan fingerprint density at radius 1 is 1.18 bits per heavy atom. The molecule has 6 heteroatoms. The molecule has 0 saturated heterocycles. The molecule has 1 amide bonds. The Balaban J connectivity index is 1.94. The van der Waals surface area contributed by atoms with Crippen LogP contribution in [-0.2, 0) is 27.3 Å². The van der Waals surface area contributed by atoms with Crippen molar-refractivity contribution in [2.45, 2.75) is 83.9 Å². The van der Waals surface area contributed by atoms with Gasteiger partial charge in [0.25, 0.3) is 0 Å². The van der Waals surface area contributed by atoms with E-state index in [4.69, 9.17) is 9.94 Å². The van der Waals surface area contributed by atoms with Crippen LogP contribution in [0.15, 0.2) is 24.3 Å². The topological polar surface area (TPSA) is 87.7 Å². The van der Waals surface area contributed by atoms with E-state index in [1.165, 1.54) is 0 Å². The summed E-state index contributed by atoms with van der Waals surface area (Å²) in [5, 5.41) is 12.0. The monoisotopic (exact) mass is 390 g/mol. The van der Waals surface area contributed by atoms with Gasteiger partial charge in [-0.3, -0.25) is 20.1 Å². The fourth-order valence-corrected chi connectivity index (χ4v) is 3.77. The number of hydrogen-bond acceptors (Lipinski definition) is 5. The first kappa shape index (κ1) is 22.4. The summed E-state index contributed by atoms with van der Waals surface area (Å²) in [6.45, 7) is 6.73. The molecule has 0 spiro atoms. The van der Waals surface area contributed by atoms with Crippen molar-refractivity contribution < 1.29 is 19.5 Å². The lowest BCUT2D eigenvalue weighted by atomic mass is 9.90. The molecule has 0 heterocycles. The third-order valence-electron chi connectivity index (χ3n) is 5.31. The molecule has 0 aromatic heterocycles. The fraction of sp³-hybridized carbons (Fsp3) is 0.636. The zero-order valence-corrected chi connectivity index (χ0v) is 17.3. The molecule has 1 atom stereocenters. The molecular formula is C22H34N2O4. The predicted molar refractivity (Wildman–Crippen MR) is 108 cm³/mol. The standard InChI is InChI=1S/C22H34N2O4/c1-16(2)14-22(3,21(26)28-19-6-4-5-7-19)23-15-18-10-8-17(9-11-18)12-13-20(25)24-27/h8-11,16,19,23,27H,4-7,12-15H2,1-3H3,(H,24,25)/t22-/m1/s1. The molecule has 2 rings (SSSR count).